The van der Waals surface area contributed by atoms with Crippen molar-refractivity contribution in [3.8, 4) is 5.75 Å². The van der Waals surface area contributed by atoms with Gasteiger partial charge in [-0.15, -0.1) is 0 Å². The van der Waals surface area contributed by atoms with Crippen LogP contribution in [0.4, 0.5) is 11.6 Å². The zero-order chi connectivity index (χ0) is 19.4. The highest BCUT2D eigenvalue weighted by molar-refractivity contribution is 7.91. The van der Waals surface area contributed by atoms with Crippen molar-refractivity contribution < 1.29 is 17.9 Å². The molecule has 2 aromatic rings. The minimum Gasteiger partial charge on any atom is -0.491 e. The Hall–Kier alpha value is -2.68. The number of sulfone groups is 1. The Labute approximate surface area is 158 Å². The predicted molar refractivity (Wildman–Crippen MR) is 103 cm³/mol. The summed E-state index contributed by atoms with van der Waals surface area (Å²) >= 11 is 0. The summed E-state index contributed by atoms with van der Waals surface area (Å²) in [5.74, 6) is 0.796. The van der Waals surface area contributed by atoms with Crippen molar-refractivity contribution in [2.75, 3.05) is 22.1 Å². The van der Waals surface area contributed by atoms with E-state index in [4.69, 9.17) is 4.74 Å². The number of aromatic nitrogens is 2. The van der Waals surface area contributed by atoms with Gasteiger partial charge in [0.05, 0.1) is 17.6 Å². The number of rotatable bonds is 6. The highest BCUT2D eigenvalue weighted by atomic mass is 32.2. The van der Waals surface area contributed by atoms with Crippen LogP contribution >= 0.6 is 0 Å². The summed E-state index contributed by atoms with van der Waals surface area (Å²) in [6.45, 7) is 3.88. The number of hydrogen-bond donors (Lipinski definition) is 2. The fourth-order valence-corrected chi connectivity index (χ4v) is 4.40. The number of hydrogen-bond acceptors (Lipinski definition) is 7. The van der Waals surface area contributed by atoms with Gasteiger partial charge in [0.15, 0.2) is 9.84 Å². The van der Waals surface area contributed by atoms with Gasteiger partial charge in [0.25, 0.3) is 5.91 Å². The molecular formula is C18H22N4O4S. The van der Waals surface area contributed by atoms with Gasteiger partial charge in [-0.25, -0.2) is 18.4 Å². The highest BCUT2D eigenvalue weighted by Gasteiger charge is 2.28. The van der Waals surface area contributed by atoms with Crippen molar-refractivity contribution in [3.05, 3.63) is 42.2 Å². The molecule has 2 N–H and O–H groups in total. The number of nitrogens with zero attached hydrogens (tertiary/aromatic N) is 2. The molecule has 0 saturated carbocycles. The molecule has 1 amide bonds. The summed E-state index contributed by atoms with van der Waals surface area (Å²) in [6.07, 6.45) is 2.05. The molecule has 1 atom stereocenters. The van der Waals surface area contributed by atoms with E-state index < -0.39 is 9.84 Å². The number of anilines is 2. The Morgan fingerprint density at radius 1 is 1.22 bits per heavy atom. The molecule has 2 heterocycles. The van der Waals surface area contributed by atoms with Crippen LogP contribution in [0.5, 0.6) is 5.75 Å². The third-order valence-electron chi connectivity index (χ3n) is 3.94. The van der Waals surface area contributed by atoms with Gasteiger partial charge in [-0.05, 0) is 50.6 Å². The lowest BCUT2D eigenvalue weighted by molar-refractivity contribution is 0.102. The lowest BCUT2D eigenvalue weighted by atomic mass is 10.2. The second kappa shape index (κ2) is 7.91. The summed E-state index contributed by atoms with van der Waals surface area (Å²) < 4.78 is 28.6. The van der Waals surface area contributed by atoms with Crippen molar-refractivity contribution in [3.63, 3.8) is 0 Å². The summed E-state index contributed by atoms with van der Waals surface area (Å²) in [7, 11) is -3.00. The molecule has 144 valence electrons. The topological polar surface area (TPSA) is 110 Å². The third-order valence-corrected chi connectivity index (χ3v) is 5.71. The highest BCUT2D eigenvalue weighted by Crippen LogP contribution is 2.18. The molecule has 1 aromatic heterocycles. The molecule has 1 aromatic carbocycles. The van der Waals surface area contributed by atoms with Crippen molar-refractivity contribution in [1.82, 2.24) is 9.97 Å². The maximum atomic E-state index is 12.4. The maximum absolute atomic E-state index is 12.4. The first-order valence-corrected chi connectivity index (χ1v) is 10.5. The van der Waals surface area contributed by atoms with E-state index in [0.29, 0.717) is 12.1 Å². The van der Waals surface area contributed by atoms with Crippen LogP contribution in [0, 0.1) is 0 Å². The normalized spacial score (nSPS) is 18.3. The lowest BCUT2D eigenvalue weighted by Crippen LogP contribution is -2.23. The quantitative estimate of drug-likeness (QED) is 0.777. The molecule has 9 heteroatoms. The first kappa shape index (κ1) is 19.1. The van der Waals surface area contributed by atoms with E-state index >= 15 is 0 Å². The first-order valence-electron chi connectivity index (χ1n) is 8.69. The maximum Gasteiger partial charge on any atom is 0.274 e. The molecule has 0 bridgehead atoms. The van der Waals surface area contributed by atoms with Crippen LogP contribution in [-0.4, -0.2) is 47.9 Å². The molecule has 0 spiro atoms. The first-order chi connectivity index (χ1) is 12.8. The van der Waals surface area contributed by atoms with Crippen LogP contribution < -0.4 is 15.4 Å². The molecule has 8 nitrogen and oxygen atoms in total. The Morgan fingerprint density at radius 3 is 2.59 bits per heavy atom. The molecular weight excluding hydrogens is 368 g/mol. The summed E-state index contributed by atoms with van der Waals surface area (Å²) in [5.41, 5.74) is 0.807. The Balaban J connectivity index is 1.63. The second-order valence-corrected chi connectivity index (χ2v) is 8.88. The predicted octanol–water partition coefficient (Wildman–Crippen LogP) is 2.12. The van der Waals surface area contributed by atoms with Gasteiger partial charge in [-0.2, -0.15) is 0 Å². The smallest absolute Gasteiger partial charge is 0.274 e. The number of carbonyl (C=O) groups is 1. The number of nitrogens with one attached hydrogen (secondary N) is 2. The van der Waals surface area contributed by atoms with Crippen LogP contribution in [0.15, 0.2) is 36.5 Å². The van der Waals surface area contributed by atoms with E-state index in [1.165, 1.54) is 12.3 Å². The SMILES string of the molecule is CC(C)Oc1ccc(NC(=O)c2ccnc(NC3CCS(=O)(=O)C3)n2)cc1. The van der Waals surface area contributed by atoms with E-state index in [1.807, 2.05) is 13.8 Å². The number of carbonyl (C=O) groups excluding carboxylic acids is 1. The molecule has 1 fully saturated rings. The van der Waals surface area contributed by atoms with Crippen LogP contribution in [0.2, 0.25) is 0 Å². The van der Waals surface area contributed by atoms with Crippen LogP contribution in [-0.2, 0) is 9.84 Å². The van der Waals surface area contributed by atoms with Crippen molar-refractivity contribution in [2.24, 2.45) is 0 Å². The van der Waals surface area contributed by atoms with Crippen LogP contribution in [0.1, 0.15) is 30.8 Å². The van der Waals surface area contributed by atoms with Gasteiger partial charge in [0.2, 0.25) is 5.95 Å². The lowest BCUT2D eigenvalue weighted by Gasteiger charge is -2.12. The van der Waals surface area contributed by atoms with Crippen LogP contribution in [0.3, 0.4) is 0 Å². The molecule has 1 aliphatic rings. The van der Waals surface area contributed by atoms with Gasteiger partial charge in [-0.1, -0.05) is 0 Å². The van der Waals surface area contributed by atoms with E-state index in [9.17, 15) is 13.2 Å². The number of amides is 1. The molecule has 1 aliphatic heterocycles. The van der Waals surface area contributed by atoms with E-state index in [-0.39, 0.29) is 41.2 Å². The summed E-state index contributed by atoms with van der Waals surface area (Å²) in [5, 5.41) is 5.75. The van der Waals surface area contributed by atoms with E-state index in [1.54, 1.807) is 24.3 Å². The zero-order valence-corrected chi connectivity index (χ0v) is 16.0. The Bertz CT molecular complexity index is 913. The monoisotopic (exact) mass is 390 g/mol. The fraction of sp³-hybridized carbons (Fsp3) is 0.389. The third kappa shape index (κ3) is 5.40. The van der Waals surface area contributed by atoms with Gasteiger partial charge < -0.3 is 15.4 Å². The molecule has 0 aliphatic carbocycles. The standard InChI is InChI=1S/C18H22N4O4S/c1-12(2)26-15-5-3-13(4-6-15)20-17(23)16-7-9-19-18(22-16)21-14-8-10-27(24,25)11-14/h3-7,9,12,14H,8,10-11H2,1-2H3,(H,20,23)(H,19,21,22). The Morgan fingerprint density at radius 2 is 1.96 bits per heavy atom. The van der Waals surface area contributed by atoms with Gasteiger partial charge >= 0.3 is 0 Å². The fourth-order valence-electron chi connectivity index (χ4n) is 2.73. The molecule has 27 heavy (non-hydrogen) atoms. The largest absolute Gasteiger partial charge is 0.491 e. The van der Waals surface area contributed by atoms with E-state index in [0.717, 1.165) is 5.75 Å². The van der Waals surface area contributed by atoms with Gasteiger partial charge in [0, 0.05) is 17.9 Å². The minimum absolute atomic E-state index is 0.0532. The number of ether oxygens (including phenoxy) is 1. The zero-order valence-electron chi connectivity index (χ0n) is 15.2. The molecule has 1 unspecified atom stereocenters. The summed E-state index contributed by atoms with van der Waals surface area (Å²) in [4.78, 5) is 20.7. The van der Waals surface area contributed by atoms with E-state index in [2.05, 4.69) is 20.6 Å². The van der Waals surface area contributed by atoms with Crippen molar-refractivity contribution in [2.45, 2.75) is 32.4 Å². The molecule has 1 saturated heterocycles. The average Bonchev–Trinajstić information content (AvgIpc) is 2.95. The van der Waals surface area contributed by atoms with Crippen LogP contribution in [0.25, 0.3) is 0 Å². The van der Waals surface area contributed by atoms with Crippen molar-refractivity contribution >= 4 is 27.4 Å². The van der Waals surface area contributed by atoms with Gasteiger partial charge in [0.1, 0.15) is 11.4 Å². The Kier molecular flexibility index (Phi) is 5.59. The summed E-state index contributed by atoms with van der Waals surface area (Å²) in [6, 6.07) is 8.33. The van der Waals surface area contributed by atoms with Crippen molar-refractivity contribution in [1.29, 1.82) is 0 Å². The second-order valence-electron chi connectivity index (χ2n) is 6.65. The molecule has 3 rings (SSSR count). The minimum atomic E-state index is -3.00. The number of benzene rings is 1. The van der Waals surface area contributed by atoms with Gasteiger partial charge in [-0.3, -0.25) is 4.79 Å². The average molecular weight is 390 g/mol. The molecule has 0 radical (unpaired) electrons.